The monoisotopic (exact) mass is 513 g/mol. The molecule has 0 saturated carbocycles. The number of carbonyl (C=O) groups is 2. The van der Waals surface area contributed by atoms with Crippen LogP contribution in [0.2, 0.25) is 0 Å². The Morgan fingerprint density at radius 2 is 2.03 bits per heavy atom. The molecule has 1 atom stereocenters. The molecule has 0 spiro atoms. The van der Waals surface area contributed by atoms with E-state index >= 15 is 0 Å². The number of aromatic nitrogens is 2. The molecule has 11 nitrogen and oxygen atoms in total. The Bertz CT molecular complexity index is 1280. The Hall–Kier alpha value is -4.01. The summed E-state index contributed by atoms with van der Waals surface area (Å²) >= 11 is 0. The number of pyridine rings is 2. The molecule has 15 heteroatoms. The van der Waals surface area contributed by atoms with E-state index in [2.05, 4.69) is 30.0 Å². The van der Waals surface area contributed by atoms with Gasteiger partial charge in [0.05, 0.1) is 12.3 Å². The van der Waals surface area contributed by atoms with Crippen LogP contribution in [0.5, 0.6) is 0 Å². The summed E-state index contributed by atoms with van der Waals surface area (Å²) in [5, 5.41) is 18.4. The molecule has 0 fully saturated rings. The van der Waals surface area contributed by atoms with Crippen molar-refractivity contribution >= 4 is 34.0 Å². The zero-order valence-corrected chi connectivity index (χ0v) is 18.7. The lowest BCUT2D eigenvalue weighted by Gasteiger charge is -2.25. The van der Waals surface area contributed by atoms with Crippen LogP contribution >= 0.6 is 0 Å². The van der Waals surface area contributed by atoms with Crippen molar-refractivity contribution < 1.29 is 40.6 Å². The number of hydrogen-bond acceptors (Lipinski definition) is 9. The van der Waals surface area contributed by atoms with Crippen LogP contribution in [-0.4, -0.2) is 47.8 Å². The van der Waals surface area contributed by atoms with Crippen molar-refractivity contribution in [3.05, 3.63) is 64.8 Å². The SMILES string of the molecule is CS(=O)(=O)ON=CCc1ccc(NC(=O)C2=C(O)C[C@@H](c3ccc(C(F)(F)F)nc3)NC2=O)nc1. The van der Waals surface area contributed by atoms with E-state index in [-0.39, 0.29) is 24.2 Å². The van der Waals surface area contributed by atoms with Crippen molar-refractivity contribution in [3.63, 3.8) is 0 Å². The minimum absolute atomic E-state index is 0.0604. The van der Waals surface area contributed by atoms with Gasteiger partial charge in [-0.15, -0.1) is 0 Å². The van der Waals surface area contributed by atoms with Gasteiger partial charge in [0, 0.05) is 31.4 Å². The van der Waals surface area contributed by atoms with Crippen LogP contribution in [0.3, 0.4) is 0 Å². The molecule has 35 heavy (non-hydrogen) atoms. The van der Waals surface area contributed by atoms with Gasteiger partial charge < -0.3 is 15.7 Å². The average molecular weight is 513 g/mol. The first kappa shape index (κ1) is 25.6. The second kappa shape index (κ2) is 10.1. The van der Waals surface area contributed by atoms with E-state index in [1.165, 1.54) is 18.5 Å². The lowest BCUT2D eigenvalue weighted by molar-refractivity contribution is -0.141. The van der Waals surface area contributed by atoms with Crippen LogP contribution in [-0.2, 0) is 36.6 Å². The lowest BCUT2D eigenvalue weighted by atomic mass is 9.96. The molecule has 1 aliphatic heterocycles. The van der Waals surface area contributed by atoms with Gasteiger partial charge in [0.1, 0.15) is 22.8 Å². The number of carbonyl (C=O) groups excluding carboxylic acids is 2. The van der Waals surface area contributed by atoms with Crippen molar-refractivity contribution in [2.75, 3.05) is 11.6 Å². The standard InChI is InChI=1S/C20H18F3N5O6S/c1-35(32,33)34-26-7-6-11-2-5-16(25-9-11)28-19(31)17-14(29)8-13(27-18(17)30)12-3-4-15(24-10-12)20(21,22)23/h2-5,7,9-10,13,29H,6,8H2,1H3,(H,27,30)(H,25,28,31)/t13-/m0/s1. The molecule has 1 aliphatic rings. The first-order chi connectivity index (χ1) is 16.3. The molecule has 186 valence electrons. The van der Waals surface area contributed by atoms with Gasteiger partial charge in [-0.2, -0.15) is 21.6 Å². The minimum atomic E-state index is -4.62. The van der Waals surface area contributed by atoms with Crippen molar-refractivity contribution in [3.8, 4) is 0 Å². The number of nitrogens with one attached hydrogen (secondary N) is 2. The number of oxime groups is 1. The number of amides is 2. The maximum absolute atomic E-state index is 12.7. The summed E-state index contributed by atoms with van der Waals surface area (Å²) in [6.45, 7) is 0. The number of halogens is 3. The molecule has 0 radical (unpaired) electrons. The molecule has 0 aliphatic carbocycles. The number of aliphatic hydroxyl groups is 1. The van der Waals surface area contributed by atoms with Crippen LogP contribution in [0, 0.1) is 0 Å². The Labute approximate surface area is 196 Å². The minimum Gasteiger partial charge on any atom is -0.511 e. The third-order valence-electron chi connectivity index (χ3n) is 4.57. The normalized spacial score (nSPS) is 16.8. The quantitative estimate of drug-likeness (QED) is 0.288. The van der Waals surface area contributed by atoms with Gasteiger partial charge >= 0.3 is 16.3 Å². The number of aliphatic hydroxyl groups excluding tert-OH is 1. The molecule has 2 aromatic rings. The molecule has 3 heterocycles. The highest BCUT2D eigenvalue weighted by atomic mass is 32.2. The Morgan fingerprint density at radius 3 is 2.57 bits per heavy atom. The van der Waals surface area contributed by atoms with E-state index in [4.69, 9.17) is 0 Å². The summed E-state index contributed by atoms with van der Waals surface area (Å²) < 4.78 is 63.9. The highest BCUT2D eigenvalue weighted by Crippen LogP contribution is 2.30. The highest BCUT2D eigenvalue weighted by molar-refractivity contribution is 7.85. The first-order valence-corrected chi connectivity index (χ1v) is 11.6. The first-order valence-electron chi connectivity index (χ1n) is 9.76. The maximum atomic E-state index is 12.7. The molecule has 3 N–H and O–H groups in total. The van der Waals surface area contributed by atoms with Crippen molar-refractivity contribution in [2.45, 2.75) is 25.1 Å². The van der Waals surface area contributed by atoms with E-state index in [0.717, 1.165) is 24.6 Å². The van der Waals surface area contributed by atoms with Gasteiger partial charge in [0.25, 0.3) is 11.8 Å². The van der Waals surface area contributed by atoms with Crippen molar-refractivity contribution in [1.29, 1.82) is 0 Å². The fraction of sp³-hybridized carbons (Fsp3) is 0.250. The molecule has 0 bridgehead atoms. The number of alkyl halides is 3. The van der Waals surface area contributed by atoms with E-state index in [9.17, 15) is 36.3 Å². The van der Waals surface area contributed by atoms with Crippen LogP contribution < -0.4 is 10.6 Å². The molecular weight excluding hydrogens is 495 g/mol. The number of hydrogen-bond donors (Lipinski definition) is 3. The van der Waals surface area contributed by atoms with Crippen LogP contribution in [0.15, 0.2) is 53.1 Å². The molecule has 0 unspecified atom stereocenters. The van der Waals surface area contributed by atoms with Crippen LogP contribution in [0.4, 0.5) is 19.0 Å². The summed E-state index contributed by atoms with van der Waals surface area (Å²) in [7, 11) is -3.71. The second-order valence-corrected chi connectivity index (χ2v) is 8.86. The summed E-state index contributed by atoms with van der Waals surface area (Å²) in [6, 6.07) is 3.97. The number of nitrogens with zero attached hydrogens (tertiary/aromatic N) is 3. The molecular formula is C20H18F3N5O6S. The predicted molar refractivity (Wildman–Crippen MR) is 115 cm³/mol. The summed E-state index contributed by atoms with van der Waals surface area (Å²) in [4.78, 5) is 32.3. The van der Waals surface area contributed by atoms with Gasteiger partial charge in [-0.05, 0) is 23.3 Å². The van der Waals surface area contributed by atoms with E-state index in [1.54, 1.807) is 6.07 Å². The fourth-order valence-electron chi connectivity index (χ4n) is 2.97. The highest BCUT2D eigenvalue weighted by Gasteiger charge is 2.35. The maximum Gasteiger partial charge on any atom is 0.433 e. The zero-order valence-electron chi connectivity index (χ0n) is 17.9. The van der Waals surface area contributed by atoms with E-state index in [1.807, 2.05) is 0 Å². The van der Waals surface area contributed by atoms with Gasteiger partial charge in [-0.1, -0.05) is 17.3 Å². The third-order valence-corrected chi connectivity index (χ3v) is 4.93. The van der Waals surface area contributed by atoms with Gasteiger partial charge in [0.15, 0.2) is 0 Å². The number of rotatable bonds is 7. The summed E-state index contributed by atoms with van der Waals surface area (Å²) in [6.07, 6.45) is -0.313. The van der Waals surface area contributed by atoms with Crippen LogP contribution in [0.25, 0.3) is 0 Å². The Balaban J connectivity index is 1.64. The fourth-order valence-corrected chi connectivity index (χ4v) is 3.19. The largest absolute Gasteiger partial charge is 0.511 e. The molecule has 0 aromatic carbocycles. The Kier molecular flexibility index (Phi) is 7.38. The average Bonchev–Trinajstić information content (AvgIpc) is 2.76. The van der Waals surface area contributed by atoms with E-state index in [0.29, 0.717) is 5.56 Å². The molecule has 2 amide bonds. The second-order valence-electron chi connectivity index (χ2n) is 7.30. The predicted octanol–water partition coefficient (Wildman–Crippen LogP) is 2.01. The van der Waals surface area contributed by atoms with Gasteiger partial charge in [-0.25, -0.2) is 4.98 Å². The van der Waals surface area contributed by atoms with E-state index < -0.39 is 51.2 Å². The smallest absolute Gasteiger partial charge is 0.433 e. The lowest BCUT2D eigenvalue weighted by Crippen LogP contribution is -2.39. The Morgan fingerprint density at radius 1 is 1.29 bits per heavy atom. The molecule has 2 aromatic heterocycles. The number of anilines is 1. The van der Waals surface area contributed by atoms with Crippen molar-refractivity contribution in [2.24, 2.45) is 5.16 Å². The van der Waals surface area contributed by atoms with Crippen molar-refractivity contribution in [1.82, 2.24) is 15.3 Å². The molecule has 3 rings (SSSR count). The summed E-state index contributed by atoms with van der Waals surface area (Å²) in [5.41, 5.74) is -0.831. The van der Waals surface area contributed by atoms with Gasteiger partial charge in [0.2, 0.25) is 0 Å². The topological polar surface area (TPSA) is 160 Å². The molecule has 0 saturated heterocycles. The van der Waals surface area contributed by atoms with Crippen LogP contribution in [0.1, 0.15) is 29.3 Å². The third kappa shape index (κ3) is 6.99. The zero-order chi connectivity index (χ0) is 25.8. The summed E-state index contributed by atoms with van der Waals surface area (Å²) in [5.74, 6) is -2.35. The van der Waals surface area contributed by atoms with Gasteiger partial charge in [-0.3, -0.25) is 18.9 Å².